The van der Waals surface area contributed by atoms with Crippen LogP contribution in [0.2, 0.25) is 0 Å². The summed E-state index contributed by atoms with van der Waals surface area (Å²) >= 11 is 0. The number of nitrogens with zero attached hydrogens (tertiary/aromatic N) is 2. The van der Waals surface area contributed by atoms with E-state index in [2.05, 4.69) is 4.99 Å². The van der Waals surface area contributed by atoms with Crippen LogP contribution in [0.1, 0.15) is 22.3 Å². The van der Waals surface area contributed by atoms with Crippen LogP contribution in [0.5, 0.6) is 5.75 Å². The molecule has 0 aromatic heterocycles. The van der Waals surface area contributed by atoms with Gasteiger partial charge in [-0.2, -0.15) is 0 Å². The number of nitro benzene ring substituents is 1. The Kier molecular flexibility index (Phi) is 4.03. The average Bonchev–Trinajstić information content (AvgIpc) is 2.43. The van der Waals surface area contributed by atoms with Crippen molar-refractivity contribution in [2.24, 2.45) is 4.99 Å². The second kappa shape index (κ2) is 5.75. The fourth-order valence-corrected chi connectivity index (χ4v) is 2.11. The molecule has 0 aliphatic heterocycles. The van der Waals surface area contributed by atoms with E-state index in [-0.39, 0.29) is 5.69 Å². The average molecular weight is 284 g/mol. The molecule has 21 heavy (non-hydrogen) atoms. The van der Waals surface area contributed by atoms with Crippen LogP contribution >= 0.6 is 0 Å². The highest BCUT2D eigenvalue weighted by Crippen LogP contribution is 2.25. The van der Waals surface area contributed by atoms with E-state index in [9.17, 15) is 15.2 Å². The van der Waals surface area contributed by atoms with E-state index in [1.165, 1.54) is 12.1 Å². The Morgan fingerprint density at radius 3 is 2.24 bits per heavy atom. The maximum atomic E-state index is 10.7. The molecular weight excluding hydrogens is 268 g/mol. The molecule has 0 radical (unpaired) electrons. The van der Waals surface area contributed by atoms with E-state index < -0.39 is 4.92 Å². The number of phenols is 1. The zero-order valence-electron chi connectivity index (χ0n) is 12.1. The minimum Gasteiger partial charge on any atom is -0.507 e. The highest BCUT2D eigenvalue weighted by Gasteiger charge is 2.07. The lowest BCUT2D eigenvalue weighted by Crippen LogP contribution is -1.89. The van der Waals surface area contributed by atoms with Gasteiger partial charge in [-0.1, -0.05) is 0 Å². The van der Waals surface area contributed by atoms with Crippen molar-refractivity contribution in [2.75, 3.05) is 0 Å². The van der Waals surface area contributed by atoms with E-state index in [4.69, 9.17) is 0 Å². The number of phenolic OH excluding ortho intramolecular Hbond substituents is 1. The van der Waals surface area contributed by atoms with E-state index in [0.717, 1.165) is 22.3 Å². The summed E-state index contributed by atoms with van der Waals surface area (Å²) in [5, 5.41) is 20.4. The summed E-state index contributed by atoms with van der Waals surface area (Å²) < 4.78 is 0. The third kappa shape index (κ3) is 3.25. The van der Waals surface area contributed by atoms with Crippen LogP contribution in [-0.4, -0.2) is 16.2 Å². The minimum atomic E-state index is -0.423. The van der Waals surface area contributed by atoms with Gasteiger partial charge in [-0.3, -0.25) is 15.1 Å². The molecule has 2 rings (SSSR count). The van der Waals surface area contributed by atoms with Gasteiger partial charge in [0.25, 0.3) is 5.69 Å². The Morgan fingerprint density at radius 2 is 1.71 bits per heavy atom. The molecule has 0 aliphatic carbocycles. The zero-order chi connectivity index (χ0) is 15.6. The number of rotatable bonds is 3. The van der Waals surface area contributed by atoms with Crippen molar-refractivity contribution < 1.29 is 10.0 Å². The lowest BCUT2D eigenvalue weighted by atomic mass is 10.1. The molecule has 0 amide bonds. The summed E-state index contributed by atoms with van der Waals surface area (Å²) in [6, 6.07) is 8.25. The number of aromatic hydroxyl groups is 1. The van der Waals surface area contributed by atoms with E-state index >= 15 is 0 Å². The third-order valence-electron chi connectivity index (χ3n) is 3.26. The van der Waals surface area contributed by atoms with Crippen molar-refractivity contribution in [3.8, 4) is 5.75 Å². The number of hydrogen-bond acceptors (Lipinski definition) is 4. The molecule has 0 heterocycles. The first-order chi connectivity index (χ1) is 9.88. The van der Waals surface area contributed by atoms with Gasteiger partial charge in [0.15, 0.2) is 0 Å². The number of nitro groups is 1. The van der Waals surface area contributed by atoms with Crippen molar-refractivity contribution in [3.63, 3.8) is 0 Å². The monoisotopic (exact) mass is 284 g/mol. The maximum Gasteiger partial charge on any atom is 0.269 e. The van der Waals surface area contributed by atoms with Gasteiger partial charge in [0.1, 0.15) is 5.75 Å². The molecule has 0 unspecified atom stereocenters. The van der Waals surface area contributed by atoms with Crippen LogP contribution in [0.15, 0.2) is 35.3 Å². The first-order valence-corrected chi connectivity index (χ1v) is 6.48. The van der Waals surface area contributed by atoms with Crippen molar-refractivity contribution in [1.29, 1.82) is 0 Å². The molecule has 0 bridgehead atoms. The predicted octanol–water partition coefficient (Wildman–Crippen LogP) is 3.98. The lowest BCUT2D eigenvalue weighted by molar-refractivity contribution is -0.384. The van der Waals surface area contributed by atoms with Gasteiger partial charge in [-0.05, 0) is 61.2 Å². The molecule has 0 spiro atoms. The molecule has 5 nitrogen and oxygen atoms in total. The standard InChI is InChI=1S/C16H16N2O3/c1-10-8-14(18(20)21)4-5-15(10)17-9-13-6-11(2)16(19)12(3)7-13/h4-9,19H,1-3H3. The molecule has 2 aromatic carbocycles. The quantitative estimate of drug-likeness (QED) is 0.526. The van der Waals surface area contributed by atoms with Gasteiger partial charge in [0, 0.05) is 18.3 Å². The fourth-order valence-electron chi connectivity index (χ4n) is 2.11. The fraction of sp³-hybridized carbons (Fsp3) is 0.188. The van der Waals surface area contributed by atoms with Gasteiger partial charge in [-0.25, -0.2) is 0 Å². The van der Waals surface area contributed by atoms with Crippen LogP contribution in [-0.2, 0) is 0 Å². The van der Waals surface area contributed by atoms with Gasteiger partial charge in [-0.15, -0.1) is 0 Å². The first kappa shape index (κ1) is 14.7. The van der Waals surface area contributed by atoms with E-state index in [0.29, 0.717) is 11.4 Å². The summed E-state index contributed by atoms with van der Waals surface area (Å²) in [5.74, 6) is 0.290. The van der Waals surface area contributed by atoms with E-state index in [1.807, 2.05) is 26.0 Å². The molecule has 0 saturated carbocycles. The second-order valence-electron chi connectivity index (χ2n) is 4.99. The van der Waals surface area contributed by atoms with Crippen LogP contribution < -0.4 is 0 Å². The highest BCUT2D eigenvalue weighted by molar-refractivity contribution is 5.83. The Labute approximate surface area is 122 Å². The summed E-state index contributed by atoms with van der Waals surface area (Å²) in [7, 11) is 0. The lowest BCUT2D eigenvalue weighted by Gasteiger charge is -2.05. The van der Waals surface area contributed by atoms with Crippen LogP contribution in [0.3, 0.4) is 0 Å². The molecule has 108 valence electrons. The largest absolute Gasteiger partial charge is 0.507 e. The van der Waals surface area contributed by atoms with Crippen molar-refractivity contribution in [2.45, 2.75) is 20.8 Å². The Bertz CT molecular complexity index is 713. The molecule has 5 heteroatoms. The van der Waals surface area contributed by atoms with Crippen LogP contribution in [0.4, 0.5) is 11.4 Å². The molecule has 0 atom stereocenters. The predicted molar refractivity (Wildman–Crippen MR) is 82.7 cm³/mol. The Morgan fingerprint density at radius 1 is 1.10 bits per heavy atom. The Balaban J connectivity index is 2.31. The van der Waals surface area contributed by atoms with Crippen molar-refractivity contribution in [1.82, 2.24) is 0 Å². The van der Waals surface area contributed by atoms with Gasteiger partial charge >= 0.3 is 0 Å². The zero-order valence-corrected chi connectivity index (χ0v) is 12.1. The molecule has 0 aliphatic rings. The summed E-state index contributed by atoms with van der Waals surface area (Å²) in [6.07, 6.45) is 1.69. The summed E-state index contributed by atoms with van der Waals surface area (Å²) in [4.78, 5) is 14.6. The number of benzene rings is 2. The Hall–Kier alpha value is -2.69. The third-order valence-corrected chi connectivity index (χ3v) is 3.26. The van der Waals surface area contributed by atoms with Gasteiger partial charge < -0.3 is 5.11 Å². The van der Waals surface area contributed by atoms with E-state index in [1.54, 1.807) is 19.2 Å². The SMILES string of the molecule is Cc1cc([N+](=O)[O-])ccc1N=Cc1cc(C)c(O)c(C)c1. The first-order valence-electron chi connectivity index (χ1n) is 6.48. The number of aliphatic imine (C=N–C) groups is 1. The van der Waals surface area contributed by atoms with Crippen LogP contribution in [0, 0.1) is 30.9 Å². The number of non-ortho nitro benzene ring substituents is 1. The smallest absolute Gasteiger partial charge is 0.269 e. The normalized spacial score (nSPS) is 11.0. The molecule has 1 N–H and O–H groups in total. The van der Waals surface area contributed by atoms with Crippen LogP contribution in [0.25, 0.3) is 0 Å². The number of hydrogen-bond donors (Lipinski definition) is 1. The van der Waals surface area contributed by atoms with Gasteiger partial charge in [0.2, 0.25) is 0 Å². The topological polar surface area (TPSA) is 75.7 Å². The molecule has 0 saturated heterocycles. The second-order valence-corrected chi connectivity index (χ2v) is 4.99. The molecule has 2 aromatic rings. The molecular formula is C16H16N2O3. The van der Waals surface area contributed by atoms with Crippen molar-refractivity contribution >= 4 is 17.6 Å². The maximum absolute atomic E-state index is 10.7. The molecule has 0 fully saturated rings. The number of aryl methyl sites for hydroxylation is 3. The summed E-state index contributed by atoms with van der Waals surface area (Å²) in [5.41, 5.74) is 3.94. The van der Waals surface area contributed by atoms with Crippen molar-refractivity contribution in [3.05, 3.63) is 62.7 Å². The van der Waals surface area contributed by atoms with Gasteiger partial charge in [0.05, 0.1) is 10.6 Å². The summed E-state index contributed by atoms with van der Waals surface area (Å²) in [6.45, 7) is 5.45. The minimum absolute atomic E-state index is 0.0581. The highest BCUT2D eigenvalue weighted by atomic mass is 16.6.